The monoisotopic (exact) mass is 258 g/mol. The molecule has 0 saturated heterocycles. The number of halogens is 5. The maximum Gasteiger partial charge on any atom is 0.393 e. The maximum absolute atomic E-state index is 12.1. The normalized spacial score (nSPS) is 11.6. The molecule has 0 aromatic heterocycles. The van der Waals surface area contributed by atoms with E-state index in [1.165, 1.54) is 19.2 Å². The Morgan fingerprint density at radius 3 is 2.27 bits per heavy atom. The highest BCUT2D eigenvalue weighted by molar-refractivity contribution is 6.43. The number of hydrogen-bond donors (Lipinski definition) is 0. The van der Waals surface area contributed by atoms with Crippen molar-refractivity contribution in [1.82, 2.24) is 0 Å². The first-order valence-corrected chi connectivity index (χ1v) is 4.68. The van der Waals surface area contributed by atoms with E-state index in [0.717, 1.165) is 0 Å². The molecule has 0 aliphatic carbocycles. The van der Waals surface area contributed by atoms with Crippen molar-refractivity contribution in [2.75, 3.05) is 7.11 Å². The van der Waals surface area contributed by atoms with Crippen LogP contribution in [0.25, 0.3) is 0 Å². The number of hydrogen-bond acceptors (Lipinski definition) is 1. The molecule has 0 spiro atoms. The van der Waals surface area contributed by atoms with Gasteiger partial charge in [-0.05, 0) is 11.6 Å². The van der Waals surface area contributed by atoms with Crippen LogP contribution in [0.5, 0.6) is 5.75 Å². The summed E-state index contributed by atoms with van der Waals surface area (Å²) in [4.78, 5) is 0. The number of benzene rings is 1. The number of alkyl halides is 3. The fourth-order valence-electron chi connectivity index (χ4n) is 1.08. The molecule has 0 bridgehead atoms. The van der Waals surface area contributed by atoms with E-state index in [2.05, 4.69) is 0 Å². The first kappa shape index (κ1) is 12.5. The van der Waals surface area contributed by atoms with Gasteiger partial charge in [-0.1, -0.05) is 29.3 Å². The largest absolute Gasteiger partial charge is 0.495 e. The molecule has 0 amide bonds. The maximum atomic E-state index is 12.1. The summed E-state index contributed by atoms with van der Waals surface area (Å²) >= 11 is 11.4. The first-order valence-electron chi connectivity index (χ1n) is 3.93. The first-order chi connectivity index (χ1) is 6.85. The average Bonchev–Trinajstić information content (AvgIpc) is 2.11. The van der Waals surface area contributed by atoms with Gasteiger partial charge in [0.2, 0.25) is 0 Å². The van der Waals surface area contributed by atoms with Gasteiger partial charge in [-0.25, -0.2) is 0 Å². The van der Waals surface area contributed by atoms with Crippen molar-refractivity contribution in [3.8, 4) is 5.75 Å². The molecule has 0 N–H and O–H groups in total. The lowest BCUT2D eigenvalue weighted by Crippen LogP contribution is -2.12. The Morgan fingerprint density at radius 1 is 1.20 bits per heavy atom. The van der Waals surface area contributed by atoms with Gasteiger partial charge in [0.25, 0.3) is 0 Å². The van der Waals surface area contributed by atoms with Gasteiger partial charge < -0.3 is 4.74 Å². The zero-order chi connectivity index (χ0) is 11.6. The summed E-state index contributed by atoms with van der Waals surface area (Å²) < 4.78 is 41.1. The molecule has 1 nitrogen and oxygen atoms in total. The van der Waals surface area contributed by atoms with Crippen LogP contribution in [-0.4, -0.2) is 13.3 Å². The lowest BCUT2D eigenvalue weighted by Gasteiger charge is -2.11. The highest BCUT2D eigenvalue weighted by Gasteiger charge is 2.29. The Hall–Kier alpha value is -0.610. The molecule has 0 unspecified atom stereocenters. The fourth-order valence-corrected chi connectivity index (χ4v) is 1.57. The van der Waals surface area contributed by atoms with E-state index in [4.69, 9.17) is 27.9 Å². The van der Waals surface area contributed by atoms with Crippen LogP contribution in [-0.2, 0) is 6.42 Å². The minimum absolute atomic E-state index is 0.000849. The summed E-state index contributed by atoms with van der Waals surface area (Å²) in [5.74, 6) is 0.257. The van der Waals surface area contributed by atoms with Crippen molar-refractivity contribution < 1.29 is 17.9 Å². The second-order valence-electron chi connectivity index (χ2n) is 2.85. The van der Waals surface area contributed by atoms with Crippen LogP contribution < -0.4 is 4.74 Å². The molecule has 1 aromatic rings. The Bertz CT molecular complexity index is 363. The molecule has 0 fully saturated rings. The van der Waals surface area contributed by atoms with Crippen molar-refractivity contribution in [3.63, 3.8) is 0 Å². The SMILES string of the molecule is COc1ccc(CC(F)(F)F)c(Cl)c1Cl. The third-order valence-electron chi connectivity index (χ3n) is 1.74. The van der Waals surface area contributed by atoms with E-state index in [1.54, 1.807) is 0 Å². The van der Waals surface area contributed by atoms with Crippen molar-refractivity contribution in [2.45, 2.75) is 12.6 Å². The van der Waals surface area contributed by atoms with E-state index in [1.807, 2.05) is 0 Å². The summed E-state index contributed by atoms with van der Waals surface area (Å²) in [6.45, 7) is 0. The molecule has 0 saturated carbocycles. The van der Waals surface area contributed by atoms with Crippen molar-refractivity contribution in [1.29, 1.82) is 0 Å². The van der Waals surface area contributed by atoms with Crippen LogP contribution in [0.3, 0.4) is 0 Å². The molecular weight excluding hydrogens is 252 g/mol. The summed E-state index contributed by atoms with van der Waals surface area (Å²) in [5.41, 5.74) is -0.0602. The lowest BCUT2D eigenvalue weighted by molar-refractivity contribution is -0.127. The minimum atomic E-state index is -4.30. The smallest absolute Gasteiger partial charge is 0.393 e. The zero-order valence-electron chi connectivity index (χ0n) is 7.66. The van der Waals surface area contributed by atoms with Gasteiger partial charge in [0.1, 0.15) is 10.8 Å². The molecule has 0 heterocycles. The van der Waals surface area contributed by atoms with Crippen LogP contribution in [0, 0.1) is 0 Å². The quantitative estimate of drug-likeness (QED) is 0.776. The Balaban J connectivity index is 3.07. The van der Waals surface area contributed by atoms with E-state index >= 15 is 0 Å². The Kier molecular flexibility index (Phi) is 3.73. The van der Waals surface area contributed by atoms with Crippen molar-refractivity contribution in [3.05, 3.63) is 27.7 Å². The Labute approximate surface area is 94.7 Å². The van der Waals surface area contributed by atoms with Crippen LogP contribution in [0.1, 0.15) is 5.56 Å². The summed E-state index contributed by atoms with van der Waals surface area (Å²) in [5, 5.41) is -0.116. The van der Waals surface area contributed by atoms with E-state index in [9.17, 15) is 13.2 Å². The van der Waals surface area contributed by atoms with E-state index in [0.29, 0.717) is 0 Å². The van der Waals surface area contributed by atoms with Gasteiger partial charge in [0.15, 0.2) is 0 Å². The minimum Gasteiger partial charge on any atom is -0.495 e. The standard InChI is InChI=1S/C9H7Cl2F3O/c1-15-6-3-2-5(4-9(12,13)14)7(10)8(6)11/h2-3H,4H2,1H3. The number of methoxy groups -OCH3 is 1. The molecule has 1 rings (SSSR count). The summed E-state index contributed by atoms with van der Waals surface area (Å²) in [6.07, 6.45) is -5.41. The predicted molar refractivity (Wildman–Crippen MR) is 52.8 cm³/mol. The highest BCUT2D eigenvalue weighted by atomic mass is 35.5. The summed E-state index contributed by atoms with van der Waals surface area (Å²) in [7, 11) is 1.36. The van der Waals surface area contributed by atoms with Gasteiger partial charge in [-0.3, -0.25) is 0 Å². The summed E-state index contributed by atoms with van der Waals surface area (Å²) in [6, 6.07) is 2.61. The van der Waals surface area contributed by atoms with E-state index < -0.39 is 12.6 Å². The van der Waals surface area contributed by atoms with E-state index in [-0.39, 0.29) is 21.4 Å². The van der Waals surface area contributed by atoms with Crippen LogP contribution in [0.2, 0.25) is 10.0 Å². The van der Waals surface area contributed by atoms with Crippen LogP contribution >= 0.6 is 23.2 Å². The molecule has 84 valence electrons. The second-order valence-corrected chi connectivity index (χ2v) is 3.60. The fraction of sp³-hybridized carbons (Fsp3) is 0.333. The van der Waals surface area contributed by atoms with Crippen molar-refractivity contribution >= 4 is 23.2 Å². The van der Waals surface area contributed by atoms with Crippen LogP contribution in [0.4, 0.5) is 13.2 Å². The van der Waals surface area contributed by atoms with Crippen molar-refractivity contribution in [2.24, 2.45) is 0 Å². The van der Waals surface area contributed by atoms with Gasteiger partial charge in [-0.15, -0.1) is 0 Å². The third-order valence-corrected chi connectivity index (χ3v) is 2.64. The lowest BCUT2D eigenvalue weighted by atomic mass is 10.1. The third kappa shape index (κ3) is 3.18. The van der Waals surface area contributed by atoms with Gasteiger partial charge in [0, 0.05) is 0 Å². The molecule has 6 heteroatoms. The Morgan fingerprint density at radius 2 is 1.80 bits per heavy atom. The molecule has 1 aromatic carbocycles. The zero-order valence-corrected chi connectivity index (χ0v) is 9.17. The molecule has 0 aliphatic rings. The second kappa shape index (κ2) is 4.49. The van der Waals surface area contributed by atoms with Crippen LogP contribution in [0.15, 0.2) is 12.1 Å². The molecular formula is C9H7Cl2F3O. The van der Waals surface area contributed by atoms with Gasteiger partial charge >= 0.3 is 6.18 Å². The number of ether oxygens (including phenoxy) is 1. The molecule has 0 radical (unpaired) electrons. The molecule has 15 heavy (non-hydrogen) atoms. The highest BCUT2D eigenvalue weighted by Crippen LogP contribution is 2.36. The molecule has 0 aliphatic heterocycles. The number of rotatable bonds is 2. The molecule has 0 atom stereocenters. The van der Waals surface area contributed by atoms with Gasteiger partial charge in [0.05, 0.1) is 18.6 Å². The average molecular weight is 259 g/mol. The topological polar surface area (TPSA) is 9.23 Å². The predicted octanol–water partition coefficient (Wildman–Crippen LogP) is 4.11. The van der Waals surface area contributed by atoms with Gasteiger partial charge in [-0.2, -0.15) is 13.2 Å².